The van der Waals surface area contributed by atoms with Gasteiger partial charge < -0.3 is 18.6 Å². The van der Waals surface area contributed by atoms with Gasteiger partial charge in [-0.1, -0.05) is 17.7 Å². The van der Waals surface area contributed by atoms with E-state index in [2.05, 4.69) is 19.1 Å². The molecule has 34 heavy (non-hydrogen) atoms. The normalized spacial score (nSPS) is 17.9. The lowest BCUT2D eigenvalue weighted by atomic mass is 10.1. The van der Waals surface area contributed by atoms with Crippen molar-refractivity contribution in [1.82, 2.24) is 0 Å². The maximum atomic E-state index is 13.3. The molecule has 0 saturated carbocycles. The minimum atomic E-state index is -4.65. The van der Waals surface area contributed by atoms with Gasteiger partial charge in [0.05, 0.1) is 12.2 Å². The molecule has 1 saturated heterocycles. The van der Waals surface area contributed by atoms with Gasteiger partial charge in [-0.2, -0.15) is 13.2 Å². The van der Waals surface area contributed by atoms with E-state index in [-0.39, 0.29) is 23.9 Å². The number of alkyl halides is 3. The van der Waals surface area contributed by atoms with E-state index >= 15 is 0 Å². The summed E-state index contributed by atoms with van der Waals surface area (Å²) in [6.45, 7) is 7.15. The van der Waals surface area contributed by atoms with Crippen LogP contribution in [0.5, 0.6) is 5.75 Å². The zero-order chi connectivity index (χ0) is 24.7. The van der Waals surface area contributed by atoms with Crippen LogP contribution in [-0.4, -0.2) is 26.1 Å². The van der Waals surface area contributed by atoms with Crippen LogP contribution in [0.15, 0.2) is 50.7 Å². The van der Waals surface area contributed by atoms with E-state index in [9.17, 15) is 18.0 Å². The lowest BCUT2D eigenvalue weighted by Crippen LogP contribution is -2.22. The fourth-order valence-corrected chi connectivity index (χ4v) is 3.77. The third-order valence-corrected chi connectivity index (χ3v) is 5.76. The average molecular weight is 481 g/mol. The first-order valence-electron chi connectivity index (χ1n) is 11.5. The second-order valence-electron chi connectivity index (χ2n) is 8.60. The molecule has 1 aromatic carbocycles. The molecule has 0 amide bonds. The van der Waals surface area contributed by atoms with Crippen LogP contribution in [0.3, 0.4) is 0 Å². The summed E-state index contributed by atoms with van der Waals surface area (Å²) in [6, 6.07) is 3.22. The quantitative estimate of drug-likeness (QED) is 0.295. The summed E-state index contributed by atoms with van der Waals surface area (Å²) in [5.41, 5.74) is 0.405. The topological polar surface area (TPSA) is 57.9 Å². The van der Waals surface area contributed by atoms with Crippen molar-refractivity contribution in [2.24, 2.45) is 0 Å². The van der Waals surface area contributed by atoms with E-state index in [1.807, 2.05) is 6.92 Å². The molecular weight excluding hydrogens is 449 g/mol. The van der Waals surface area contributed by atoms with E-state index in [4.69, 9.17) is 18.6 Å². The van der Waals surface area contributed by atoms with Crippen LogP contribution >= 0.6 is 0 Å². The van der Waals surface area contributed by atoms with Crippen molar-refractivity contribution in [3.05, 3.63) is 63.0 Å². The van der Waals surface area contributed by atoms with Gasteiger partial charge in [-0.25, -0.2) is 4.79 Å². The molecule has 1 aromatic heterocycles. The maximum Gasteiger partial charge on any atom is 0.417 e. The first-order chi connectivity index (χ1) is 16.1. The van der Waals surface area contributed by atoms with E-state index < -0.39 is 17.4 Å². The van der Waals surface area contributed by atoms with Crippen LogP contribution in [0.25, 0.3) is 11.0 Å². The Bertz CT molecular complexity index is 1090. The molecule has 1 aliphatic rings. The van der Waals surface area contributed by atoms with Gasteiger partial charge in [-0.3, -0.25) is 0 Å². The van der Waals surface area contributed by atoms with Crippen LogP contribution in [0.4, 0.5) is 13.2 Å². The third kappa shape index (κ3) is 7.21. The van der Waals surface area contributed by atoms with Gasteiger partial charge in [0.1, 0.15) is 17.9 Å². The highest BCUT2D eigenvalue weighted by Crippen LogP contribution is 2.36. The number of rotatable bonds is 9. The summed E-state index contributed by atoms with van der Waals surface area (Å²) >= 11 is 0. The van der Waals surface area contributed by atoms with Crippen molar-refractivity contribution in [3.8, 4) is 5.75 Å². The summed E-state index contributed by atoms with van der Waals surface area (Å²) in [4.78, 5) is 11.7. The fraction of sp³-hybridized carbons (Fsp3) is 0.500. The molecule has 0 radical (unpaired) electrons. The number of fused-ring (bicyclic) bond motifs is 1. The molecule has 1 aliphatic heterocycles. The lowest BCUT2D eigenvalue weighted by molar-refractivity contribution is -0.155. The standard InChI is InChI=1S/C26H31F3O5/c1-17(12-14-32-24-9-4-5-13-31-24)7-6-8-18(2)16-33-22-11-10-20-21(26(27,28)29)15-23(30)34-25(20)19(22)3/h8,10-12,15,24H,4-7,9,13-14,16H2,1-3H3/b17-12+,18-8+. The zero-order valence-corrected chi connectivity index (χ0v) is 19.8. The molecule has 1 atom stereocenters. The Morgan fingerprint density at radius 1 is 1.18 bits per heavy atom. The number of ether oxygens (including phenoxy) is 3. The fourth-order valence-electron chi connectivity index (χ4n) is 3.77. The van der Waals surface area contributed by atoms with Crippen LogP contribution in [0.2, 0.25) is 0 Å². The molecular formula is C26H31F3O5. The second kappa shape index (κ2) is 11.7. The van der Waals surface area contributed by atoms with E-state index in [0.717, 1.165) is 44.3 Å². The smallest absolute Gasteiger partial charge is 0.417 e. The Balaban J connectivity index is 1.54. The SMILES string of the molecule is C/C(=C\COC1CCCCO1)CC/C=C(\C)COc1ccc2c(C(F)(F)F)cc(=O)oc2c1C. The van der Waals surface area contributed by atoms with Gasteiger partial charge >= 0.3 is 11.8 Å². The molecule has 5 nitrogen and oxygen atoms in total. The van der Waals surface area contributed by atoms with Crippen molar-refractivity contribution in [2.45, 2.75) is 65.3 Å². The molecule has 2 heterocycles. The van der Waals surface area contributed by atoms with Crippen molar-refractivity contribution in [2.75, 3.05) is 19.8 Å². The first-order valence-corrected chi connectivity index (χ1v) is 11.5. The monoisotopic (exact) mass is 480 g/mol. The summed E-state index contributed by atoms with van der Waals surface area (Å²) in [5, 5.41) is -0.162. The third-order valence-electron chi connectivity index (χ3n) is 5.76. The van der Waals surface area contributed by atoms with Gasteiger partial charge in [0.2, 0.25) is 0 Å². The van der Waals surface area contributed by atoms with Crippen molar-refractivity contribution in [3.63, 3.8) is 0 Å². The molecule has 3 rings (SSSR count). The molecule has 1 fully saturated rings. The molecule has 0 bridgehead atoms. The highest BCUT2D eigenvalue weighted by Gasteiger charge is 2.34. The highest BCUT2D eigenvalue weighted by molar-refractivity contribution is 5.85. The summed E-state index contributed by atoms with van der Waals surface area (Å²) in [7, 11) is 0. The Labute approximate surface area is 197 Å². The summed E-state index contributed by atoms with van der Waals surface area (Å²) in [6.07, 6.45) is 4.29. The van der Waals surface area contributed by atoms with Crippen LogP contribution in [0.1, 0.15) is 57.1 Å². The number of hydrogen-bond donors (Lipinski definition) is 0. The van der Waals surface area contributed by atoms with Crippen molar-refractivity contribution in [1.29, 1.82) is 0 Å². The molecule has 1 unspecified atom stereocenters. The Morgan fingerprint density at radius 2 is 1.97 bits per heavy atom. The van der Waals surface area contributed by atoms with Crippen LogP contribution < -0.4 is 10.4 Å². The van der Waals surface area contributed by atoms with Gasteiger partial charge in [0.25, 0.3) is 0 Å². The van der Waals surface area contributed by atoms with E-state index in [1.165, 1.54) is 17.7 Å². The average Bonchev–Trinajstić information content (AvgIpc) is 2.78. The predicted molar refractivity (Wildman–Crippen MR) is 124 cm³/mol. The Kier molecular flexibility index (Phi) is 8.97. The van der Waals surface area contributed by atoms with Gasteiger partial charge in [0.15, 0.2) is 6.29 Å². The molecule has 0 spiro atoms. The molecule has 8 heteroatoms. The minimum Gasteiger partial charge on any atom is -0.489 e. The van der Waals surface area contributed by atoms with Crippen molar-refractivity contribution < 1.29 is 31.8 Å². The van der Waals surface area contributed by atoms with Gasteiger partial charge in [-0.05, 0) is 70.6 Å². The molecule has 2 aromatic rings. The molecule has 0 aliphatic carbocycles. The molecule has 0 N–H and O–H groups in total. The Morgan fingerprint density at radius 3 is 2.68 bits per heavy atom. The Hall–Kier alpha value is -2.58. The molecule has 186 valence electrons. The van der Waals surface area contributed by atoms with Gasteiger partial charge in [-0.15, -0.1) is 0 Å². The number of hydrogen-bond acceptors (Lipinski definition) is 5. The minimum absolute atomic E-state index is 0.0938. The van der Waals surface area contributed by atoms with E-state index in [0.29, 0.717) is 24.0 Å². The lowest BCUT2D eigenvalue weighted by Gasteiger charge is -2.22. The number of allylic oxidation sites excluding steroid dienone is 2. The predicted octanol–water partition coefficient (Wildman–Crippen LogP) is 6.72. The summed E-state index contributed by atoms with van der Waals surface area (Å²) in [5.74, 6) is 0.376. The van der Waals surface area contributed by atoms with Crippen LogP contribution in [-0.2, 0) is 15.7 Å². The number of aryl methyl sites for hydroxylation is 1. The summed E-state index contributed by atoms with van der Waals surface area (Å²) < 4.78 is 62.0. The first kappa shape index (κ1) is 26.0. The van der Waals surface area contributed by atoms with Crippen LogP contribution in [0, 0.1) is 6.92 Å². The van der Waals surface area contributed by atoms with Gasteiger partial charge in [0, 0.05) is 23.6 Å². The number of halogens is 3. The van der Waals surface area contributed by atoms with E-state index in [1.54, 1.807) is 6.92 Å². The zero-order valence-electron chi connectivity index (χ0n) is 19.8. The maximum absolute atomic E-state index is 13.3. The highest BCUT2D eigenvalue weighted by atomic mass is 19.4. The number of benzene rings is 1. The largest absolute Gasteiger partial charge is 0.489 e. The van der Waals surface area contributed by atoms with Crippen molar-refractivity contribution >= 4 is 11.0 Å². The second-order valence-corrected chi connectivity index (χ2v) is 8.60.